The van der Waals surface area contributed by atoms with Crippen LogP contribution in [0.3, 0.4) is 0 Å². The molecule has 2 aromatic carbocycles. The molecule has 1 saturated heterocycles. The van der Waals surface area contributed by atoms with Gasteiger partial charge in [0.2, 0.25) is 5.91 Å². The zero-order valence-electron chi connectivity index (χ0n) is 16.3. The third-order valence-electron chi connectivity index (χ3n) is 4.92. The Hall–Kier alpha value is -2.50. The van der Waals surface area contributed by atoms with Crippen molar-refractivity contribution < 1.29 is 9.53 Å². The summed E-state index contributed by atoms with van der Waals surface area (Å²) >= 11 is 6.18. The van der Waals surface area contributed by atoms with Crippen LogP contribution in [0.5, 0.6) is 5.75 Å². The lowest BCUT2D eigenvalue weighted by Gasteiger charge is -2.36. The number of ether oxygens (including phenoxy) is 1. The molecule has 3 rings (SSSR count). The molecule has 6 heteroatoms. The summed E-state index contributed by atoms with van der Waals surface area (Å²) in [5.41, 5.74) is 2.67. The molecule has 1 heterocycles. The molecule has 28 heavy (non-hydrogen) atoms. The van der Waals surface area contributed by atoms with Crippen molar-refractivity contribution in [2.24, 2.45) is 0 Å². The van der Waals surface area contributed by atoms with Crippen molar-refractivity contribution in [3.8, 4) is 5.75 Å². The average Bonchev–Trinajstić information content (AvgIpc) is 2.73. The zero-order valence-corrected chi connectivity index (χ0v) is 17.1. The third-order valence-corrected chi connectivity index (χ3v) is 5.15. The second kappa shape index (κ2) is 9.62. The highest BCUT2D eigenvalue weighted by Gasteiger charge is 2.19. The molecule has 1 fully saturated rings. The Morgan fingerprint density at radius 3 is 2.50 bits per heavy atom. The van der Waals surface area contributed by atoms with Gasteiger partial charge in [-0.05, 0) is 48.5 Å². The quantitative estimate of drug-likeness (QED) is 0.741. The first-order chi connectivity index (χ1) is 13.6. The summed E-state index contributed by atoms with van der Waals surface area (Å²) in [6.07, 6.45) is 3.31. The number of nitrogens with zero attached hydrogens (tertiary/aromatic N) is 2. The van der Waals surface area contributed by atoms with Gasteiger partial charge in [0.1, 0.15) is 5.75 Å². The number of carbonyl (C=O) groups is 1. The Morgan fingerprint density at radius 2 is 1.86 bits per heavy atom. The topological polar surface area (TPSA) is 44.8 Å². The SMILES string of the molecule is CCN1CCN(c2ccc(Cl)cc2NC(=O)/C=C/c2ccc(OC)cc2)CC1. The number of nitrogens with one attached hydrogen (secondary N) is 1. The van der Waals surface area contributed by atoms with Crippen LogP contribution >= 0.6 is 11.6 Å². The van der Waals surface area contributed by atoms with Gasteiger partial charge in [-0.15, -0.1) is 0 Å². The normalized spacial score (nSPS) is 15.0. The number of halogens is 1. The van der Waals surface area contributed by atoms with Crippen LogP contribution in [0.2, 0.25) is 5.02 Å². The maximum atomic E-state index is 12.5. The van der Waals surface area contributed by atoms with Gasteiger partial charge in [0.25, 0.3) is 0 Å². The lowest BCUT2D eigenvalue weighted by atomic mass is 10.2. The number of methoxy groups -OCH3 is 1. The molecule has 0 unspecified atom stereocenters. The summed E-state index contributed by atoms with van der Waals surface area (Å²) in [7, 11) is 1.63. The number of carbonyl (C=O) groups excluding carboxylic acids is 1. The molecular weight excluding hydrogens is 374 g/mol. The first-order valence-corrected chi connectivity index (χ1v) is 9.87. The zero-order chi connectivity index (χ0) is 19.9. The minimum atomic E-state index is -0.188. The first kappa shape index (κ1) is 20.2. The second-order valence-corrected chi connectivity index (χ2v) is 7.11. The molecule has 0 atom stereocenters. The minimum absolute atomic E-state index is 0.188. The van der Waals surface area contributed by atoms with E-state index in [0.717, 1.165) is 55.4 Å². The number of likely N-dealkylation sites (N-methyl/N-ethyl adjacent to an activating group) is 1. The fourth-order valence-corrected chi connectivity index (χ4v) is 3.42. The largest absolute Gasteiger partial charge is 0.497 e. The summed E-state index contributed by atoms with van der Waals surface area (Å²) in [6.45, 7) is 7.14. The molecule has 1 amide bonds. The summed E-state index contributed by atoms with van der Waals surface area (Å²) in [5.74, 6) is 0.597. The Kier molecular flexibility index (Phi) is 6.95. The van der Waals surface area contributed by atoms with Crippen LogP contribution in [0.25, 0.3) is 6.08 Å². The molecule has 1 aliphatic rings. The molecule has 2 aromatic rings. The van der Waals surface area contributed by atoms with E-state index in [9.17, 15) is 4.79 Å². The number of hydrogen-bond donors (Lipinski definition) is 1. The van der Waals surface area contributed by atoms with E-state index in [1.165, 1.54) is 6.08 Å². The number of hydrogen-bond acceptors (Lipinski definition) is 4. The Morgan fingerprint density at radius 1 is 1.14 bits per heavy atom. The van der Waals surface area contributed by atoms with Gasteiger partial charge in [-0.2, -0.15) is 0 Å². The lowest BCUT2D eigenvalue weighted by Crippen LogP contribution is -2.46. The fraction of sp³-hybridized carbons (Fsp3) is 0.318. The predicted molar refractivity (Wildman–Crippen MR) is 116 cm³/mol. The number of amides is 1. The number of benzene rings is 2. The van der Waals surface area contributed by atoms with Crippen LogP contribution in [-0.2, 0) is 4.79 Å². The standard InChI is InChI=1S/C22H26ClN3O2/c1-3-25-12-14-26(15-13-25)21-10-7-18(23)16-20(21)24-22(27)11-6-17-4-8-19(28-2)9-5-17/h4-11,16H,3,12-15H2,1-2H3,(H,24,27)/b11-6+. The van der Waals surface area contributed by atoms with E-state index < -0.39 is 0 Å². The van der Waals surface area contributed by atoms with E-state index in [-0.39, 0.29) is 5.91 Å². The number of anilines is 2. The van der Waals surface area contributed by atoms with Crippen molar-refractivity contribution in [1.82, 2.24) is 4.90 Å². The fourth-order valence-electron chi connectivity index (χ4n) is 3.25. The lowest BCUT2D eigenvalue weighted by molar-refractivity contribution is -0.111. The van der Waals surface area contributed by atoms with Crippen molar-refractivity contribution in [2.45, 2.75) is 6.92 Å². The van der Waals surface area contributed by atoms with Crippen LogP contribution in [-0.4, -0.2) is 50.6 Å². The molecule has 0 saturated carbocycles. The molecule has 0 bridgehead atoms. The van der Waals surface area contributed by atoms with E-state index in [1.54, 1.807) is 13.2 Å². The van der Waals surface area contributed by atoms with Gasteiger partial charge in [-0.25, -0.2) is 0 Å². The Balaban J connectivity index is 1.69. The Labute approximate surface area is 171 Å². The molecule has 1 N–H and O–H groups in total. The van der Waals surface area contributed by atoms with E-state index >= 15 is 0 Å². The Bertz CT molecular complexity index is 828. The van der Waals surface area contributed by atoms with Gasteiger partial charge in [-0.3, -0.25) is 4.79 Å². The van der Waals surface area contributed by atoms with Gasteiger partial charge >= 0.3 is 0 Å². The van der Waals surface area contributed by atoms with Crippen molar-refractivity contribution >= 4 is 35.0 Å². The molecule has 1 aliphatic heterocycles. The molecule has 0 spiro atoms. The first-order valence-electron chi connectivity index (χ1n) is 9.49. The molecule has 0 aromatic heterocycles. The van der Waals surface area contributed by atoms with Gasteiger partial charge in [0.15, 0.2) is 0 Å². The maximum absolute atomic E-state index is 12.5. The van der Waals surface area contributed by atoms with Gasteiger partial charge in [0, 0.05) is 37.3 Å². The molecule has 0 radical (unpaired) electrons. The summed E-state index contributed by atoms with van der Waals surface area (Å²) in [4.78, 5) is 17.2. The predicted octanol–water partition coefficient (Wildman–Crippen LogP) is 4.14. The average molecular weight is 400 g/mol. The van der Waals surface area contributed by atoms with Crippen LogP contribution in [0.1, 0.15) is 12.5 Å². The monoisotopic (exact) mass is 399 g/mol. The van der Waals surface area contributed by atoms with Gasteiger partial charge in [-0.1, -0.05) is 30.7 Å². The summed E-state index contributed by atoms with van der Waals surface area (Å²) < 4.78 is 5.15. The number of rotatable bonds is 6. The van der Waals surface area contributed by atoms with Crippen molar-refractivity contribution in [3.05, 3.63) is 59.1 Å². The van der Waals surface area contributed by atoms with Crippen molar-refractivity contribution in [3.63, 3.8) is 0 Å². The van der Waals surface area contributed by atoms with E-state index in [1.807, 2.05) is 42.5 Å². The molecule has 148 valence electrons. The third kappa shape index (κ3) is 5.27. The van der Waals surface area contributed by atoms with Gasteiger partial charge in [0.05, 0.1) is 18.5 Å². The van der Waals surface area contributed by atoms with Crippen LogP contribution in [0.15, 0.2) is 48.5 Å². The molecule has 5 nitrogen and oxygen atoms in total. The van der Waals surface area contributed by atoms with Crippen molar-refractivity contribution in [2.75, 3.05) is 50.1 Å². The molecular formula is C22H26ClN3O2. The van der Waals surface area contributed by atoms with Crippen LogP contribution in [0.4, 0.5) is 11.4 Å². The van der Waals surface area contributed by atoms with Crippen LogP contribution in [0, 0.1) is 0 Å². The van der Waals surface area contributed by atoms with E-state index in [2.05, 4.69) is 22.0 Å². The van der Waals surface area contributed by atoms with Crippen LogP contribution < -0.4 is 15.0 Å². The highest BCUT2D eigenvalue weighted by atomic mass is 35.5. The summed E-state index contributed by atoms with van der Waals surface area (Å²) in [5, 5.41) is 3.58. The number of piperazine rings is 1. The molecule has 0 aliphatic carbocycles. The van der Waals surface area contributed by atoms with E-state index in [0.29, 0.717) is 5.02 Å². The minimum Gasteiger partial charge on any atom is -0.497 e. The second-order valence-electron chi connectivity index (χ2n) is 6.68. The summed E-state index contributed by atoms with van der Waals surface area (Å²) in [6, 6.07) is 13.2. The van der Waals surface area contributed by atoms with Gasteiger partial charge < -0.3 is 19.9 Å². The smallest absolute Gasteiger partial charge is 0.248 e. The highest BCUT2D eigenvalue weighted by Crippen LogP contribution is 2.30. The highest BCUT2D eigenvalue weighted by molar-refractivity contribution is 6.31. The van der Waals surface area contributed by atoms with Crippen molar-refractivity contribution in [1.29, 1.82) is 0 Å². The maximum Gasteiger partial charge on any atom is 0.248 e. The van der Waals surface area contributed by atoms with E-state index in [4.69, 9.17) is 16.3 Å².